The van der Waals surface area contributed by atoms with Gasteiger partial charge in [0.15, 0.2) is 0 Å². The highest BCUT2D eigenvalue weighted by molar-refractivity contribution is 6.05. The van der Waals surface area contributed by atoms with Gasteiger partial charge in [-0.3, -0.25) is 24.2 Å². The summed E-state index contributed by atoms with van der Waals surface area (Å²) in [7, 11) is 1.79. The first kappa shape index (κ1) is 43.3. The summed E-state index contributed by atoms with van der Waals surface area (Å²) in [5.74, 6) is 4.78. The number of ether oxygens (including phenoxy) is 2. The molecule has 17 heteroatoms. The topological polar surface area (TPSA) is 165 Å². The van der Waals surface area contributed by atoms with Crippen molar-refractivity contribution in [3.05, 3.63) is 93.8 Å². The summed E-state index contributed by atoms with van der Waals surface area (Å²) in [6.45, 7) is 9.99. The van der Waals surface area contributed by atoms with Crippen molar-refractivity contribution in [2.24, 2.45) is 7.05 Å². The lowest BCUT2D eigenvalue weighted by Gasteiger charge is -2.35. The van der Waals surface area contributed by atoms with E-state index in [1.165, 1.54) is 25.3 Å². The molecule has 2 aliphatic heterocycles. The van der Waals surface area contributed by atoms with E-state index >= 15 is 0 Å². The van der Waals surface area contributed by atoms with E-state index in [0.717, 1.165) is 11.0 Å². The van der Waals surface area contributed by atoms with Gasteiger partial charge in [0.2, 0.25) is 11.9 Å². The lowest BCUT2D eigenvalue weighted by atomic mass is 10.0. The molecule has 14 nitrogen and oxygen atoms in total. The molecule has 4 heterocycles. The van der Waals surface area contributed by atoms with Gasteiger partial charge in [0.05, 0.1) is 28.8 Å². The molecule has 2 aromatic heterocycles. The van der Waals surface area contributed by atoms with Crippen LogP contribution in [0, 0.1) is 11.8 Å². The van der Waals surface area contributed by atoms with Crippen molar-refractivity contribution in [1.82, 2.24) is 29.2 Å². The zero-order valence-electron chi connectivity index (χ0n) is 34.1. The van der Waals surface area contributed by atoms with E-state index in [2.05, 4.69) is 32.0 Å². The Labute approximate surface area is 345 Å². The summed E-state index contributed by atoms with van der Waals surface area (Å²) in [6, 6.07) is 12.4. The number of aromatic nitrogens is 3. The van der Waals surface area contributed by atoms with Gasteiger partial charge < -0.3 is 25.1 Å². The molecule has 0 atom stereocenters. The Balaban J connectivity index is 1.12. The number of nitrogen functional groups attached to an aromatic ring is 1. The number of halogens is 3. The number of carbonyl (C=O) groups excluding carboxylic acids is 4. The molecule has 0 aliphatic carbocycles. The molecule has 3 N–H and O–H groups in total. The third-order valence-electron chi connectivity index (χ3n) is 9.97. The fraction of sp³-hybridized carbons (Fsp3) is 0.395. The number of nitrogens with two attached hydrogens (primary N) is 1. The Kier molecular flexibility index (Phi) is 13.0. The molecule has 6 rings (SSSR count). The minimum absolute atomic E-state index is 0.00886. The van der Waals surface area contributed by atoms with E-state index in [1.807, 2.05) is 9.47 Å². The Morgan fingerprint density at radius 2 is 1.70 bits per heavy atom. The molecular weight excluding hydrogens is 782 g/mol. The van der Waals surface area contributed by atoms with Crippen LogP contribution in [-0.2, 0) is 51.7 Å². The molecule has 0 unspecified atom stereocenters. The molecule has 0 saturated carbocycles. The molecule has 0 bridgehead atoms. The largest absolute Gasteiger partial charge is 0.465 e. The SMILES string of the molecule is CC(=O)OCCN1CCN(Cc2ccc(NC(=O)Cc3cccc(C#Cc4cnc(N)nc4-c4cc5c(n4C)CCN(C(=O)OC(C)(C)C)C5=O)c3)cc2C(F)(F)F)CC1. The quantitative estimate of drug-likeness (QED) is 0.167. The van der Waals surface area contributed by atoms with E-state index in [-0.39, 0.29) is 49.3 Å². The summed E-state index contributed by atoms with van der Waals surface area (Å²) >= 11 is 0. The van der Waals surface area contributed by atoms with E-state index in [4.69, 9.17) is 15.2 Å². The summed E-state index contributed by atoms with van der Waals surface area (Å²) in [4.78, 5) is 64.1. The molecule has 60 heavy (non-hydrogen) atoms. The van der Waals surface area contributed by atoms with Gasteiger partial charge in [0, 0.05) is 89.3 Å². The number of esters is 1. The van der Waals surface area contributed by atoms with Crippen LogP contribution in [0.1, 0.15) is 71.6 Å². The van der Waals surface area contributed by atoms with Crippen LogP contribution >= 0.6 is 0 Å². The van der Waals surface area contributed by atoms with E-state index in [9.17, 15) is 32.3 Å². The Morgan fingerprint density at radius 1 is 0.967 bits per heavy atom. The van der Waals surface area contributed by atoms with Crippen LogP contribution in [0.4, 0.5) is 29.6 Å². The van der Waals surface area contributed by atoms with E-state index in [1.54, 1.807) is 58.2 Å². The van der Waals surface area contributed by atoms with Crippen LogP contribution in [0.2, 0.25) is 0 Å². The number of imide groups is 1. The van der Waals surface area contributed by atoms with Crippen LogP contribution < -0.4 is 11.1 Å². The monoisotopic (exact) mass is 828 g/mol. The maximum absolute atomic E-state index is 14.2. The second-order valence-electron chi connectivity index (χ2n) is 15.6. The number of anilines is 2. The molecule has 316 valence electrons. The lowest BCUT2D eigenvalue weighted by molar-refractivity contribution is -0.141. The molecular formula is C43H47F3N8O6. The van der Waals surface area contributed by atoms with Crippen molar-refractivity contribution in [2.75, 3.05) is 56.9 Å². The minimum atomic E-state index is -4.63. The highest BCUT2D eigenvalue weighted by Gasteiger charge is 2.36. The number of fused-ring (bicyclic) bond motifs is 1. The maximum Gasteiger partial charge on any atom is 0.417 e. The first-order chi connectivity index (χ1) is 28.3. The van der Waals surface area contributed by atoms with Crippen molar-refractivity contribution >= 4 is 35.5 Å². The number of benzene rings is 2. The van der Waals surface area contributed by atoms with Crippen molar-refractivity contribution < 1.29 is 41.8 Å². The molecule has 2 aromatic carbocycles. The van der Waals surface area contributed by atoms with Gasteiger partial charge in [-0.1, -0.05) is 30.0 Å². The number of rotatable bonds is 9. The number of hydrogen-bond donors (Lipinski definition) is 2. The molecule has 3 amide bonds. The normalized spacial score (nSPS) is 14.9. The summed E-state index contributed by atoms with van der Waals surface area (Å²) in [5.41, 5.74) is 8.03. The minimum Gasteiger partial charge on any atom is -0.465 e. The Hall–Kier alpha value is -6.25. The summed E-state index contributed by atoms with van der Waals surface area (Å²) in [6.07, 6.45) is -3.61. The number of piperazine rings is 1. The van der Waals surface area contributed by atoms with Crippen LogP contribution in [0.25, 0.3) is 11.4 Å². The van der Waals surface area contributed by atoms with E-state index in [0.29, 0.717) is 78.5 Å². The van der Waals surface area contributed by atoms with Gasteiger partial charge in [-0.15, -0.1) is 0 Å². The van der Waals surface area contributed by atoms with Crippen molar-refractivity contribution in [1.29, 1.82) is 0 Å². The van der Waals surface area contributed by atoms with Crippen molar-refractivity contribution in [3.8, 4) is 23.2 Å². The Morgan fingerprint density at radius 3 is 2.40 bits per heavy atom. The zero-order chi connectivity index (χ0) is 43.4. The average Bonchev–Trinajstić information content (AvgIpc) is 3.51. The van der Waals surface area contributed by atoms with Gasteiger partial charge >= 0.3 is 18.2 Å². The van der Waals surface area contributed by atoms with Crippen LogP contribution in [0.5, 0.6) is 0 Å². The van der Waals surface area contributed by atoms with Crippen LogP contribution in [-0.4, -0.2) is 105 Å². The maximum atomic E-state index is 14.2. The van der Waals surface area contributed by atoms with Gasteiger partial charge in [0.1, 0.15) is 17.9 Å². The molecule has 4 aromatic rings. The van der Waals surface area contributed by atoms with Gasteiger partial charge in [0.25, 0.3) is 5.91 Å². The number of nitrogens with zero attached hydrogens (tertiary/aromatic N) is 6. The Bertz CT molecular complexity index is 2350. The van der Waals surface area contributed by atoms with Crippen LogP contribution in [0.3, 0.4) is 0 Å². The van der Waals surface area contributed by atoms with Crippen molar-refractivity contribution in [2.45, 2.75) is 58.9 Å². The number of hydrogen-bond acceptors (Lipinski definition) is 11. The van der Waals surface area contributed by atoms with Crippen molar-refractivity contribution in [3.63, 3.8) is 0 Å². The fourth-order valence-electron chi connectivity index (χ4n) is 7.07. The van der Waals surface area contributed by atoms with E-state index < -0.39 is 35.2 Å². The summed E-state index contributed by atoms with van der Waals surface area (Å²) < 4.78 is 55.0. The molecule has 1 saturated heterocycles. The number of amides is 3. The molecule has 1 fully saturated rings. The molecule has 2 aliphatic rings. The number of carbonyl (C=O) groups is 4. The first-order valence-electron chi connectivity index (χ1n) is 19.4. The predicted molar refractivity (Wildman–Crippen MR) is 216 cm³/mol. The van der Waals surface area contributed by atoms with Gasteiger partial charge in [-0.05, 0) is 62.2 Å². The number of nitrogens with one attached hydrogen (secondary N) is 1. The lowest BCUT2D eigenvalue weighted by Crippen LogP contribution is -2.47. The second kappa shape index (κ2) is 17.9. The molecule has 0 spiro atoms. The highest BCUT2D eigenvalue weighted by Crippen LogP contribution is 2.35. The van der Waals surface area contributed by atoms with Gasteiger partial charge in [-0.25, -0.2) is 19.7 Å². The third-order valence-corrected chi connectivity index (χ3v) is 9.97. The fourth-order valence-corrected chi connectivity index (χ4v) is 7.07. The van der Waals surface area contributed by atoms with Gasteiger partial charge in [-0.2, -0.15) is 13.2 Å². The predicted octanol–water partition coefficient (Wildman–Crippen LogP) is 5.28. The highest BCUT2D eigenvalue weighted by atomic mass is 19.4. The average molecular weight is 829 g/mol. The molecule has 0 radical (unpaired) electrons. The first-order valence-corrected chi connectivity index (χ1v) is 19.4. The van der Waals surface area contributed by atoms with Crippen LogP contribution in [0.15, 0.2) is 54.7 Å². The number of alkyl halides is 3. The smallest absolute Gasteiger partial charge is 0.417 e. The zero-order valence-corrected chi connectivity index (χ0v) is 34.1. The standard InChI is InChI=1S/C43H47F3N8O6/c1-27(55)59-20-19-52-15-17-53(18-16-52)26-31-11-12-32(23-34(31)43(44,45)46)49-37(56)22-29-8-6-7-28(21-29)9-10-30-25-48-40(47)50-38(30)36-24-33-35(51(36)5)13-14-54(39(33)57)41(58)60-42(2,3)4/h6-8,11-12,21,23-25H,13-20,22,26H2,1-5H3,(H,49,56)(H2,47,48,50). The summed E-state index contributed by atoms with van der Waals surface area (Å²) in [5, 5.41) is 2.61. The second-order valence-corrected chi connectivity index (χ2v) is 15.6. The third kappa shape index (κ3) is 10.9.